The van der Waals surface area contributed by atoms with Crippen LogP contribution >= 0.6 is 11.3 Å². The highest BCUT2D eigenvalue weighted by Crippen LogP contribution is 2.50. The first kappa shape index (κ1) is 41.9. The molecule has 3 aromatic heterocycles. The molecular weight excluding hydrogens is 821 g/mol. The van der Waals surface area contributed by atoms with Gasteiger partial charge in [-0.25, -0.2) is 18.4 Å². The highest BCUT2D eigenvalue weighted by Gasteiger charge is 2.47. The summed E-state index contributed by atoms with van der Waals surface area (Å²) in [6.07, 6.45) is 3.98. The van der Waals surface area contributed by atoms with Crippen molar-refractivity contribution in [2.24, 2.45) is 11.3 Å². The van der Waals surface area contributed by atoms with Crippen LogP contribution in [0.1, 0.15) is 90.3 Å². The van der Waals surface area contributed by atoms with Crippen LogP contribution in [0.15, 0.2) is 6.20 Å². The summed E-state index contributed by atoms with van der Waals surface area (Å²) in [5.41, 5.74) is -0.704. The van der Waals surface area contributed by atoms with E-state index in [2.05, 4.69) is 32.2 Å². The second-order valence-electron chi connectivity index (χ2n) is 19.2. The number of hydrogen-bond donors (Lipinski definition) is 1. The molecule has 18 heteroatoms. The number of likely N-dealkylation sites (tertiary alicyclic amines) is 2. The van der Waals surface area contributed by atoms with Crippen molar-refractivity contribution in [3.8, 4) is 29.4 Å². The number of nitrogens with one attached hydrogen (secondary N) is 1. The van der Waals surface area contributed by atoms with Crippen LogP contribution in [0.5, 0.6) is 6.01 Å². The number of amides is 2. The fraction of sp³-hybridized carbons (Fsp3) is 0.568. The minimum absolute atomic E-state index is 0.000478. The monoisotopic (exact) mass is 869 g/mol. The van der Waals surface area contributed by atoms with E-state index >= 15 is 8.78 Å². The van der Waals surface area contributed by atoms with Crippen LogP contribution in [0.4, 0.5) is 29.2 Å². The van der Waals surface area contributed by atoms with Gasteiger partial charge in [-0.05, 0) is 91.3 Å². The van der Waals surface area contributed by atoms with E-state index in [-0.39, 0.29) is 80.1 Å². The van der Waals surface area contributed by atoms with Gasteiger partial charge in [0.1, 0.15) is 33.6 Å². The third-order valence-corrected chi connectivity index (χ3v) is 13.4. The highest BCUT2D eigenvalue weighted by atomic mass is 32.1. The van der Waals surface area contributed by atoms with E-state index in [1.807, 2.05) is 20.8 Å². The molecule has 15 nitrogen and oxygen atoms in total. The van der Waals surface area contributed by atoms with Gasteiger partial charge in [-0.1, -0.05) is 0 Å². The van der Waals surface area contributed by atoms with Gasteiger partial charge in [0.25, 0.3) is 0 Å². The molecule has 3 atom stereocenters. The largest absolute Gasteiger partial charge is 0.463 e. The highest BCUT2D eigenvalue weighted by molar-refractivity contribution is 7.23. The van der Waals surface area contributed by atoms with Crippen molar-refractivity contribution in [2.75, 3.05) is 49.5 Å². The summed E-state index contributed by atoms with van der Waals surface area (Å²) in [6.45, 7) is 14.1. The number of pyridine rings is 1. The molecule has 1 saturated carbocycles. The fourth-order valence-electron chi connectivity index (χ4n) is 9.36. The lowest BCUT2D eigenvalue weighted by Crippen LogP contribution is -2.56. The molecule has 2 amide bonds. The molecule has 4 aromatic rings. The zero-order valence-electron chi connectivity index (χ0n) is 35.7. The summed E-state index contributed by atoms with van der Waals surface area (Å²) in [6, 6.07) is 4.14. The molecule has 1 N–H and O–H groups in total. The topological polar surface area (TPSA) is 179 Å². The van der Waals surface area contributed by atoms with Gasteiger partial charge in [0, 0.05) is 54.6 Å². The van der Waals surface area contributed by atoms with Crippen LogP contribution in [0.2, 0.25) is 0 Å². The van der Waals surface area contributed by atoms with Crippen molar-refractivity contribution in [3.63, 3.8) is 0 Å². The number of rotatable bonds is 8. The maximum absolute atomic E-state index is 17.9. The van der Waals surface area contributed by atoms with Gasteiger partial charge >= 0.3 is 18.2 Å². The van der Waals surface area contributed by atoms with Crippen LogP contribution in [-0.4, -0.2) is 99.6 Å². The van der Waals surface area contributed by atoms with E-state index < -0.39 is 35.0 Å². The number of nitriles is 2. The fourth-order valence-corrected chi connectivity index (χ4v) is 10.4. The molecule has 0 radical (unpaired) electrons. The van der Waals surface area contributed by atoms with Gasteiger partial charge in [0.05, 0.1) is 59.3 Å². The predicted molar refractivity (Wildman–Crippen MR) is 226 cm³/mol. The average Bonchev–Trinajstić information content (AvgIpc) is 3.54. The van der Waals surface area contributed by atoms with Crippen LogP contribution in [-0.2, 0) is 27.4 Å². The van der Waals surface area contributed by atoms with E-state index in [0.29, 0.717) is 42.0 Å². The Labute approximate surface area is 361 Å². The molecule has 4 aliphatic heterocycles. The van der Waals surface area contributed by atoms with E-state index in [9.17, 15) is 20.1 Å². The summed E-state index contributed by atoms with van der Waals surface area (Å²) in [5, 5.41) is 23.1. The van der Waals surface area contributed by atoms with Gasteiger partial charge in [0.2, 0.25) is 0 Å². The standard InChI is InChI=1S/C44H49F2N9O6S/c1-42(2,3)60-40(56)52-38-26(14-48)31-34(49-15-29(45)36(31)62-38)30-27-19-58-20-28(27)32-35(33(30)46)50-39(59-22-44(10-11-44)21-53-12-9-23(13-47)16-53)51-37(32)55-24-7-8-25(55)18-54(17-24)41(57)61-43(4,5)6/h15,23-25H,7-12,16-22H2,1-6H3,(H,52,56)/t23-,24?,25?/m1/s1. The third kappa shape index (κ3) is 7.81. The molecule has 2 bridgehead atoms. The lowest BCUT2D eigenvalue weighted by molar-refractivity contribution is 0.0209. The summed E-state index contributed by atoms with van der Waals surface area (Å²) in [5.74, 6) is -1.03. The molecular formula is C44H49F2N9O6S. The minimum atomic E-state index is -0.844. The Morgan fingerprint density at radius 1 is 0.984 bits per heavy atom. The zero-order chi connectivity index (χ0) is 43.9. The van der Waals surface area contributed by atoms with Gasteiger partial charge in [-0.2, -0.15) is 20.5 Å². The number of halogens is 2. The lowest BCUT2D eigenvalue weighted by Gasteiger charge is -2.42. The number of fused-ring (bicyclic) bond motifs is 6. The van der Waals surface area contributed by atoms with Gasteiger partial charge in [0.15, 0.2) is 11.6 Å². The Kier molecular flexibility index (Phi) is 10.4. The summed E-state index contributed by atoms with van der Waals surface area (Å²) in [4.78, 5) is 46.6. The van der Waals surface area contributed by atoms with E-state index in [0.717, 1.165) is 69.3 Å². The number of anilines is 2. The maximum Gasteiger partial charge on any atom is 0.412 e. The summed E-state index contributed by atoms with van der Waals surface area (Å²) < 4.78 is 57.3. The number of carbonyl (C=O) groups is 2. The summed E-state index contributed by atoms with van der Waals surface area (Å²) >= 11 is 0.833. The molecule has 0 spiro atoms. The number of nitrogens with zero attached hydrogens (tertiary/aromatic N) is 8. The van der Waals surface area contributed by atoms with Crippen molar-refractivity contribution in [1.29, 1.82) is 10.5 Å². The first-order valence-electron chi connectivity index (χ1n) is 21.1. The van der Waals surface area contributed by atoms with Crippen LogP contribution in [0.25, 0.3) is 32.2 Å². The average molecular weight is 870 g/mol. The number of benzene rings is 1. The van der Waals surface area contributed by atoms with Crippen molar-refractivity contribution >= 4 is 55.3 Å². The Bertz CT molecular complexity index is 2580. The van der Waals surface area contributed by atoms with Gasteiger partial charge in [-0.15, -0.1) is 11.3 Å². The second-order valence-corrected chi connectivity index (χ2v) is 20.2. The normalized spacial score (nSPS) is 21.8. The molecule has 1 aromatic carbocycles. The summed E-state index contributed by atoms with van der Waals surface area (Å²) in [7, 11) is 0. The Morgan fingerprint density at radius 2 is 1.69 bits per heavy atom. The van der Waals surface area contributed by atoms with Gasteiger partial charge in [-0.3, -0.25) is 10.3 Å². The Hall–Kier alpha value is -5.43. The molecule has 7 heterocycles. The molecule has 9 rings (SSSR count). The zero-order valence-corrected chi connectivity index (χ0v) is 36.5. The lowest BCUT2D eigenvalue weighted by atomic mass is 9.93. The number of hydrogen-bond acceptors (Lipinski definition) is 14. The first-order chi connectivity index (χ1) is 29.4. The van der Waals surface area contributed by atoms with Crippen molar-refractivity contribution in [1.82, 2.24) is 24.8 Å². The molecule has 62 heavy (non-hydrogen) atoms. The number of piperazine rings is 1. The van der Waals surface area contributed by atoms with Gasteiger partial charge < -0.3 is 33.6 Å². The number of carbonyl (C=O) groups excluding carboxylic acids is 2. The number of ether oxygens (including phenoxy) is 4. The molecule has 2 unspecified atom stereocenters. The van der Waals surface area contributed by atoms with Crippen molar-refractivity contribution in [2.45, 2.75) is 110 Å². The van der Waals surface area contributed by atoms with Crippen LogP contribution in [0.3, 0.4) is 0 Å². The molecule has 4 fully saturated rings. The smallest absolute Gasteiger partial charge is 0.412 e. The van der Waals surface area contributed by atoms with E-state index in [1.165, 1.54) is 0 Å². The van der Waals surface area contributed by atoms with E-state index in [4.69, 9.17) is 28.9 Å². The van der Waals surface area contributed by atoms with Crippen LogP contribution in [0, 0.1) is 45.6 Å². The Morgan fingerprint density at radius 3 is 2.34 bits per heavy atom. The number of aromatic nitrogens is 3. The minimum Gasteiger partial charge on any atom is -0.463 e. The maximum atomic E-state index is 17.9. The third-order valence-electron chi connectivity index (χ3n) is 12.2. The molecule has 3 saturated heterocycles. The second kappa shape index (κ2) is 15.4. The predicted octanol–water partition coefficient (Wildman–Crippen LogP) is 8.03. The Balaban J connectivity index is 1.16. The van der Waals surface area contributed by atoms with Crippen LogP contribution < -0.4 is 15.0 Å². The number of thiophene rings is 1. The quantitative estimate of drug-likeness (QED) is 0.180. The SMILES string of the molecule is CC(C)(C)OC(=O)Nc1sc2c(F)cnc(-c3c4c(c5c(N6C7CCC6CN(C(=O)OC(C)(C)C)C7)nc(OCC6(CN7CC[C@H](C#N)C7)CC6)nc5c3F)COC4)c2c1C#N. The van der Waals surface area contributed by atoms with Crippen molar-refractivity contribution < 1.29 is 37.3 Å². The van der Waals surface area contributed by atoms with Crippen molar-refractivity contribution in [3.05, 3.63) is 34.5 Å². The molecule has 1 aliphatic carbocycles. The molecule has 326 valence electrons. The molecule has 5 aliphatic rings. The van der Waals surface area contributed by atoms with E-state index in [1.54, 1.807) is 25.7 Å². The first-order valence-corrected chi connectivity index (χ1v) is 21.9.